The van der Waals surface area contributed by atoms with E-state index in [9.17, 15) is 20.0 Å². The first-order valence-electron chi connectivity index (χ1n) is 5.81. The number of hydrogen-bond donors (Lipinski definition) is 2. The van der Waals surface area contributed by atoms with Gasteiger partial charge in [-0.1, -0.05) is 0 Å². The monoisotopic (exact) mass is 292 g/mol. The molecule has 0 bridgehead atoms. The number of thiophene rings is 1. The number of amides is 1. The van der Waals surface area contributed by atoms with Crippen molar-refractivity contribution in [2.45, 2.75) is 6.10 Å². The first-order chi connectivity index (χ1) is 9.58. The highest BCUT2D eigenvalue weighted by molar-refractivity contribution is 7.08. The lowest BCUT2D eigenvalue weighted by atomic mass is 10.1. The average Bonchev–Trinajstić information content (AvgIpc) is 2.98. The summed E-state index contributed by atoms with van der Waals surface area (Å²) in [4.78, 5) is 21.7. The minimum Gasteiger partial charge on any atom is -0.387 e. The van der Waals surface area contributed by atoms with Gasteiger partial charge >= 0.3 is 0 Å². The quantitative estimate of drug-likeness (QED) is 0.652. The normalized spacial score (nSPS) is 11.8. The highest BCUT2D eigenvalue weighted by Crippen LogP contribution is 2.17. The van der Waals surface area contributed by atoms with Crippen LogP contribution >= 0.6 is 11.3 Å². The molecule has 7 heteroatoms. The molecule has 2 rings (SSSR count). The molecule has 0 fully saturated rings. The number of carbonyl (C=O) groups excluding carboxylic acids is 1. The van der Waals surface area contributed by atoms with Gasteiger partial charge in [0.05, 0.1) is 11.0 Å². The molecule has 20 heavy (non-hydrogen) atoms. The van der Waals surface area contributed by atoms with Gasteiger partial charge < -0.3 is 10.4 Å². The Morgan fingerprint density at radius 3 is 2.60 bits per heavy atom. The van der Waals surface area contributed by atoms with Crippen LogP contribution in [0.2, 0.25) is 0 Å². The fourth-order valence-electron chi connectivity index (χ4n) is 1.62. The number of hydrogen-bond acceptors (Lipinski definition) is 5. The van der Waals surface area contributed by atoms with Crippen LogP contribution in [0.15, 0.2) is 41.1 Å². The van der Waals surface area contributed by atoms with Crippen molar-refractivity contribution in [3.8, 4) is 0 Å². The van der Waals surface area contributed by atoms with Gasteiger partial charge in [-0.05, 0) is 29.1 Å². The summed E-state index contributed by atoms with van der Waals surface area (Å²) in [6.07, 6.45) is -0.904. The van der Waals surface area contributed by atoms with E-state index in [2.05, 4.69) is 5.32 Å². The minimum atomic E-state index is -0.904. The van der Waals surface area contributed by atoms with Gasteiger partial charge in [-0.3, -0.25) is 14.9 Å². The fraction of sp³-hybridized carbons (Fsp3) is 0.154. The third kappa shape index (κ3) is 3.40. The number of nitrogens with one attached hydrogen (secondary N) is 1. The minimum absolute atomic E-state index is 0.0386. The second kappa shape index (κ2) is 6.27. The molecule has 0 spiro atoms. The summed E-state index contributed by atoms with van der Waals surface area (Å²) < 4.78 is 0. The molecule has 0 aliphatic carbocycles. The molecule has 2 N–H and O–H groups in total. The lowest BCUT2D eigenvalue weighted by molar-refractivity contribution is -0.384. The molecule has 0 aliphatic heterocycles. The molecule has 0 aliphatic rings. The molecule has 0 saturated carbocycles. The largest absolute Gasteiger partial charge is 0.387 e. The maximum absolute atomic E-state index is 11.7. The summed E-state index contributed by atoms with van der Waals surface area (Å²) in [6.45, 7) is 0.0481. The van der Waals surface area contributed by atoms with Gasteiger partial charge in [0.15, 0.2) is 0 Å². The molecule has 0 radical (unpaired) electrons. The van der Waals surface area contributed by atoms with E-state index >= 15 is 0 Å². The first kappa shape index (κ1) is 14.2. The fourth-order valence-corrected chi connectivity index (χ4v) is 2.26. The second-order valence-electron chi connectivity index (χ2n) is 4.09. The number of nitro groups is 1. The Kier molecular flexibility index (Phi) is 4.44. The van der Waals surface area contributed by atoms with Gasteiger partial charge in [-0.2, -0.15) is 11.3 Å². The van der Waals surface area contributed by atoms with Crippen LogP contribution in [0.4, 0.5) is 5.69 Å². The van der Waals surface area contributed by atoms with Crippen LogP contribution in [0.1, 0.15) is 22.0 Å². The third-order valence-electron chi connectivity index (χ3n) is 2.73. The molecule has 2 aromatic rings. The zero-order valence-electron chi connectivity index (χ0n) is 10.4. The highest BCUT2D eigenvalue weighted by atomic mass is 32.1. The molecular weight excluding hydrogens is 280 g/mol. The summed E-state index contributed by atoms with van der Waals surface area (Å²) in [5.74, 6) is -0.257. The van der Waals surface area contributed by atoms with Gasteiger partial charge in [0.1, 0.15) is 0 Å². The van der Waals surface area contributed by atoms with Crippen molar-refractivity contribution < 1.29 is 14.8 Å². The lowest BCUT2D eigenvalue weighted by Crippen LogP contribution is -2.28. The summed E-state index contributed by atoms with van der Waals surface area (Å²) in [5.41, 5.74) is 1.02. The van der Waals surface area contributed by atoms with Gasteiger partial charge in [0, 0.05) is 29.6 Å². The van der Waals surface area contributed by atoms with Gasteiger partial charge in [-0.25, -0.2) is 0 Å². The van der Waals surface area contributed by atoms with E-state index in [4.69, 9.17) is 0 Å². The van der Waals surface area contributed by atoms with Crippen LogP contribution in [0.3, 0.4) is 0 Å². The Labute approximate surface area is 118 Å². The number of carbonyl (C=O) groups is 1. The van der Waals surface area contributed by atoms with Gasteiger partial charge in [-0.15, -0.1) is 0 Å². The van der Waals surface area contributed by atoms with E-state index in [1.807, 2.05) is 0 Å². The van der Waals surface area contributed by atoms with E-state index < -0.39 is 11.0 Å². The second-order valence-corrected chi connectivity index (χ2v) is 4.87. The standard InChI is InChI=1S/C13H12N2O4S/c16-12(7-14-13(17)10-5-6-20-8-10)9-1-3-11(4-2-9)15(18)19/h1-6,8,12,16H,7H2,(H,14,17). The lowest BCUT2D eigenvalue weighted by Gasteiger charge is -2.11. The van der Waals surface area contributed by atoms with Crippen molar-refractivity contribution in [3.05, 3.63) is 62.3 Å². The summed E-state index contributed by atoms with van der Waals surface area (Å²) in [7, 11) is 0. The number of non-ortho nitro benzene ring substituents is 1. The van der Waals surface area contributed by atoms with E-state index in [1.54, 1.807) is 16.8 Å². The van der Waals surface area contributed by atoms with Gasteiger partial charge in [0.2, 0.25) is 0 Å². The maximum atomic E-state index is 11.7. The Bertz CT molecular complexity index is 595. The van der Waals surface area contributed by atoms with Crippen LogP contribution in [-0.4, -0.2) is 22.5 Å². The zero-order chi connectivity index (χ0) is 14.5. The number of nitrogens with zero attached hydrogens (tertiary/aromatic N) is 1. The number of benzene rings is 1. The molecular formula is C13H12N2O4S. The molecule has 1 atom stereocenters. The Morgan fingerprint density at radius 1 is 1.35 bits per heavy atom. The van der Waals surface area contributed by atoms with Crippen LogP contribution in [0.5, 0.6) is 0 Å². The van der Waals surface area contributed by atoms with Crippen molar-refractivity contribution in [1.29, 1.82) is 0 Å². The topological polar surface area (TPSA) is 92.5 Å². The molecule has 1 heterocycles. The number of aliphatic hydroxyl groups excluding tert-OH is 1. The average molecular weight is 292 g/mol. The van der Waals surface area contributed by atoms with Crippen molar-refractivity contribution in [2.24, 2.45) is 0 Å². The zero-order valence-corrected chi connectivity index (χ0v) is 11.2. The molecule has 1 aromatic heterocycles. The van der Waals surface area contributed by atoms with Crippen molar-refractivity contribution in [2.75, 3.05) is 6.54 Å². The van der Waals surface area contributed by atoms with Crippen molar-refractivity contribution in [1.82, 2.24) is 5.32 Å². The van der Waals surface area contributed by atoms with Crippen LogP contribution < -0.4 is 5.32 Å². The van der Waals surface area contributed by atoms with E-state index in [1.165, 1.54) is 35.6 Å². The summed E-state index contributed by atoms with van der Waals surface area (Å²) in [5, 5.41) is 26.5. The third-order valence-corrected chi connectivity index (χ3v) is 3.41. The SMILES string of the molecule is O=C(NCC(O)c1ccc([N+](=O)[O-])cc1)c1ccsc1. The Morgan fingerprint density at radius 2 is 2.05 bits per heavy atom. The number of rotatable bonds is 5. The van der Waals surface area contributed by atoms with Crippen LogP contribution in [0, 0.1) is 10.1 Å². The number of nitro benzene ring substituents is 1. The van der Waals surface area contributed by atoms with Crippen LogP contribution in [0.25, 0.3) is 0 Å². The van der Waals surface area contributed by atoms with E-state index in [0.717, 1.165) is 0 Å². The molecule has 1 unspecified atom stereocenters. The Balaban J connectivity index is 1.93. The van der Waals surface area contributed by atoms with Gasteiger partial charge in [0.25, 0.3) is 11.6 Å². The van der Waals surface area contributed by atoms with Crippen molar-refractivity contribution in [3.63, 3.8) is 0 Å². The number of aliphatic hydroxyl groups is 1. The first-order valence-corrected chi connectivity index (χ1v) is 6.75. The predicted molar refractivity (Wildman–Crippen MR) is 74.7 cm³/mol. The van der Waals surface area contributed by atoms with Crippen LogP contribution in [-0.2, 0) is 0 Å². The molecule has 1 aromatic carbocycles. The highest BCUT2D eigenvalue weighted by Gasteiger charge is 2.12. The molecule has 104 valence electrons. The van der Waals surface area contributed by atoms with Crippen molar-refractivity contribution >= 4 is 22.9 Å². The molecule has 0 saturated heterocycles. The molecule has 1 amide bonds. The molecule has 6 nitrogen and oxygen atoms in total. The smallest absolute Gasteiger partial charge is 0.269 e. The van der Waals surface area contributed by atoms with E-state index in [-0.39, 0.29) is 18.1 Å². The van der Waals surface area contributed by atoms with E-state index in [0.29, 0.717) is 11.1 Å². The maximum Gasteiger partial charge on any atom is 0.269 e. The summed E-state index contributed by atoms with van der Waals surface area (Å²) in [6, 6.07) is 7.27. The predicted octanol–water partition coefficient (Wildman–Crippen LogP) is 2.12. The Hall–Kier alpha value is -2.25. The summed E-state index contributed by atoms with van der Waals surface area (Å²) >= 11 is 1.42.